The largest absolute Gasteiger partial charge is 0.457 e. The van der Waals surface area contributed by atoms with E-state index in [1.54, 1.807) is 10.8 Å². The van der Waals surface area contributed by atoms with Crippen LogP contribution in [-0.4, -0.2) is 53.1 Å². The minimum absolute atomic E-state index is 0.0244. The molecule has 0 radical (unpaired) electrons. The fraction of sp³-hybridized carbons (Fsp3) is 0.250. The Morgan fingerprint density at radius 1 is 1.08 bits per heavy atom. The van der Waals surface area contributed by atoms with Gasteiger partial charge >= 0.3 is 0 Å². The van der Waals surface area contributed by atoms with E-state index in [9.17, 15) is 4.79 Å². The van der Waals surface area contributed by atoms with E-state index in [0.29, 0.717) is 11.7 Å². The first-order valence-corrected chi connectivity index (χ1v) is 12.6. The Hall–Kier alpha value is -4.73. The van der Waals surface area contributed by atoms with Crippen molar-refractivity contribution in [2.24, 2.45) is 5.41 Å². The molecule has 1 aliphatic carbocycles. The highest BCUT2D eigenvalue weighted by atomic mass is 16.5. The van der Waals surface area contributed by atoms with Gasteiger partial charge in [-0.3, -0.25) is 4.79 Å². The summed E-state index contributed by atoms with van der Waals surface area (Å²) < 4.78 is 9.70. The minimum Gasteiger partial charge on any atom is -0.457 e. The number of hydrogen-bond donors (Lipinski definition) is 1. The number of likely N-dealkylation sites (tertiary alicyclic amines) is 1. The zero-order valence-electron chi connectivity index (χ0n) is 20.9. The van der Waals surface area contributed by atoms with Gasteiger partial charge in [0, 0.05) is 42.7 Å². The number of benzene rings is 1. The first-order chi connectivity index (χ1) is 18.5. The van der Waals surface area contributed by atoms with Gasteiger partial charge in [0.15, 0.2) is 11.5 Å². The van der Waals surface area contributed by atoms with Gasteiger partial charge in [0.1, 0.15) is 29.7 Å². The maximum Gasteiger partial charge on any atom is 0.245 e. The molecule has 1 aliphatic heterocycles. The monoisotopic (exact) mass is 506 g/mol. The number of aryl methyl sites for hydroxylation is 1. The molecule has 38 heavy (non-hydrogen) atoms. The average molecular weight is 507 g/mol. The third kappa shape index (κ3) is 3.68. The van der Waals surface area contributed by atoms with E-state index < -0.39 is 0 Å². The molecule has 0 atom stereocenters. The first-order valence-electron chi connectivity index (χ1n) is 12.6. The molecule has 5 heterocycles. The van der Waals surface area contributed by atoms with E-state index in [2.05, 4.69) is 38.1 Å². The number of rotatable bonds is 6. The van der Waals surface area contributed by atoms with Crippen molar-refractivity contribution in [3.63, 3.8) is 0 Å². The highest BCUT2D eigenvalue weighted by molar-refractivity contribution is 5.88. The fourth-order valence-corrected chi connectivity index (χ4v) is 5.88. The standard InChI is InChI=1S/C28H26N8O2/c1-3-25(37)34-14-28(15-34)12-19(13-28)22-7-9-36-26(22)27(30-17-32-36)33-20-4-5-23(18(2)10-20)38-21-6-8-35-24(11-21)29-16-31-35/h3-11,16-17,19H,1,12-15H2,2H3,(H,30,32,33). The van der Waals surface area contributed by atoms with E-state index in [1.807, 2.05) is 59.1 Å². The summed E-state index contributed by atoms with van der Waals surface area (Å²) in [4.78, 5) is 22.5. The molecule has 1 spiro atoms. The lowest BCUT2D eigenvalue weighted by Crippen LogP contribution is -2.62. The third-order valence-corrected chi connectivity index (χ3v) is 7.74. The zero-order chi connectivity index (χ0) is 25.9. The number of carbonyl (C=O) groups is 1. The molecule has 0 unspecified atom stereocenters. The zero-order valence-corrected chi connectivity index (χ0v) is 20.9. The summed E-state index contributed by atoms with van der Waals surface area (Å²) in [6.45, 7) is 7.26. The average Bonchev–Trinajstić information content (AvgIpc) is 3.51. The molecule has 7 rings (SSSR count). The Bertz CT molecular complexity index is 1710. The second-order valence-corrected chi connectivity index (χ2v) is 10.3. The molecular formula is C28H26N8O2. The van der Waals surface area contributed by atoms with Crippen LogP contribution >= 0.6 is 0 Å². The van der Waals surface area contributed by atoms with Gasteiger partial charge in [-0.25, -0.2) is 19.0 Å². The van der Waals surface area contributed by atoms with Crippen LogP contribution < -0.4 is 10.1 Å². The van der Waals surface area contributed by atoms with E-state index in [4.69, 9.17) is 4.74 Å². The second-order valence-electron chi connectivity index (χ2n) is 10.3. The lowest BCUT2D eigenvalue weighted by atomic mass is 9.56. The molecule has 4 aromatic heterocycles. The molecule has 0 bridgehead atoms. The summed E-state index contributed by atoms with van der Waals surface area (Å²) in [5, 5.41) is 12.0. The molecule has 5 aromatic rings. The summed E-state index contributed by atoms with van der Waals surface area (Å²) in [5.41, 5.74) is 5.11. The molecule has 190 valence electrons. The first kappa shape index (κ1) is 22.5. The van der Waals surface area contributed by atoms with E-state index >= 15 is 0 Å². The van der Waals surface area contributed by atoms with Crippen LogP contribution in [0, 0.1) is 12.3 Å². The molecule has 10 heteroatoms. The number of hydrogen-bond acceptors (Lipinski definition) is 7. The highest BCUT2D eigenvalue weighted by Gasteiger charge is 2.54. The molecule has 1 aromatic carbocycles. The van der Waals surface area contributed by atoms with Crippen molar-refractivity contribution in [3.05, 3.63) is 85.2 Å². The quantitative estimate of drug-likeness (QED) is 0.338. The number of aromatic nitrogens is 6. The van der Waals surface area contributed by atoms with Crippen molar-refractivity contribution in [2.45, 2.75) is 25.7 Å². The molecule has 1 saturated heterocycles. The molecule has 1 N–H and O–H groups in total. The van der Waals surface area contributed by atoms with Gasteiger partial charge in [-0.15, -0.1) is 0 Å². The van der Waals surface area contributed by atoms with Crippen molar-refractivity contribution in [1.82, 2.24) is 34.1 Å². The number of pyridine rings is 1. The van der Waals surface area contributed by atoms with Crippen LogP contribution in [0.25, 0.3) is 11.2 Å². The van der Waals surface area contributed by atoms with Gasteiger partial charge < -0.3 is 15.0 Å². The Balaban J connectivity index is 1.09. The summed E-state index contributed by atoms with van der Waals surface area (Å²) >= 11 is 0. The van der Waals surface area contributed by atoms with E-state index in [-0.39, 0.29) is 11.3 Å². The summed E-state index contributed by atoms with van der Waals surface area (Å²) in [5.74, 6) is 2.68. The van der Waals surface area contributed by atoms with Crippen LogP contribution in [-0.2, 0) is 4.79 Å². The number of carbonyl (C=O) groups excluding carboxylic acids is 1. The number of fused-ring (bicyclic) bond motifs is 2. The molecule has 1 amide bonds. The van der Waals surface area contributed by atoms with Gasteiger partial charge in [-0.1, -0.05) is 6.58 Å². The van der Waals surface area contributed by atoms with Gasteiger partial charge in [0.05, 0.1) is 0 Å². The molecule has 2 aliphatic rings. The number of anilines is 2. The van der Waals surface area contributed by atoms with Crippen molar-refractivity contribution in [3.8, 4) is 11.5 Å². The summed E-state index contributed by atoms with van der Waals surface area (Å²) in [7, 11) is 0. The van der Waals surface area contributed by atoms with Crippen LogP contribution in [0.5, 0.6) is 11.5 Å². The SMILES string of the molecule is C=CC(=O)N1CC2(CC(c3ccn4ncnc(Nc5ccc(Oc6ccn7ncnc7c6)c(C)c5)c34)C2)C1. The maximum atomic E-state index is 11.9. The second kappa shape index (κ2) is 8.41. The Labute approximate surface area is 218 Å². The summed E-state index contributed by atoms with van der Waals surface area (Å²) in [6.07, 6.45) is 10.4. The van der Waals surface area contributed by atoms with E-state index in [0.717, 1.165) is 59.9 Å². The van der Waals surface area contributed by atoms with Crippen molar-refractivity contribution in [1.29, 1.82) is 0 Å². The highest BCUT2D eigenvalue weighted by Crippen LogP contribution is 2.57. The normalized spacial score (nSPS) is 16.4. The van der Waals surface area contributed by atoms with Crippen LogP contribution in [0.3, 0.4) is 0 Å². The van der Waals surface area contributed by atoms with Crippen LogP contribution in [0.1, 0.15) is 29.9 Å². The van der Waals surface area contributed by atoms with Gasteiger partial charge in [0.25, 0.3) is 0 Å². The van der Waals surface area contributed by atoms with Gasteiger partial charge in [-0.2, -0.15) is 10.2 Å². The summed E-state index contributed by atoms with van der Waals surface area (Å²) in [6, 6.07) is 11.8. The van der Waals surface area contributed by atoms with Crippen molar-refractivity contribution < 1.29 is 9.53 Å². The predicted molar refractivity (Wildman–Crippen MR) is 142 cm³/mol. The lowest BCUT2D eigenvalue weighted by Gasteiger charge is -2.59. The van der Waals surface area contributed by atoms with Crippen LogP contribution in [0.2, 0.25) is 0 Å². The van der Waals surface area contributed by atoms with Gasteiger partial charge in [0.2, 0.25) is 5.91 Å². The Morgan fingerprint density at radius 3 is 2.68 bits per heavy atom. The molecular weight excluding hydrogens is 480 g/mol. The fourth-order valence-electron chi connectivity index (χ4n) is 5.88. The van der Waals surface area contributed by atoms with Crippen molar-refractivity contribution >= 4 is 28.6 Å². The predicted octanol–water partition coefficient (Wildman–Crippen LogP) is 4.51. The smallest absolute Gasteiger partial charge is 0.245 e. The van der Waals surface area contributed by atoms with E-state index in [1.165, 1.54) is 18.0 Å². The lowest BCUT2D eigenvalue weighted by molar-refractivity contribution is -0.145. The molecule has 10 nitrogen and oxygen atoms in total. The number of nitrogens with one attached hydrogen (secondary N) is 1. The molecule has 1 saturated carbocycles. The number of amides is 1. The third-order valence-electron chi connectivity index (χ3n) is 7.74. The topological polar surface area (TPSA) is 102 Å². The Kier molecular flexibility index (Phi) is 4.97. The van der Waals surface area contributed by atoms with Crippen LogP contribution in [0.4, 0.5) is 11.5 Å². The van der Waals surface area contributed by atoms with Gasteiger partial charge in [-0.05, 0) is 73.2 Å². The number of ether oxygens (including phenoxy) is 1. The van der Waals surface area contributed by atoms with Crippen molar-refractivity contribution in [2.75, 3.05) is 18.4 Å². The number of nitrogens with zero attached hydrogens (tertiary/aromatic N) is 7. The van der Waals surface area contributed by atoms with Crippen LogP contribution in [0.15, 0.2) is 74.1 Å². The molecule has 2 fully saturated rings. The Morgan fingerprint density at radius 2 is 1.87 bits per heavy atom. The minimum atomic E-state index is 0.0244. The maximum absolute atomic E-state index is 11.9.